The van der Waals surface area contributed by atoms with Gasteiger partial charge in [0, 0.05) is 24.7 Å². The van der Waals surface area contributed by atoms with Crippen molar-refractivity contribution in [3.63, 3.8) is 0 Å². The maximum atomic E-state index is 13.5. The zero-order chi connectivity index (χ0) is 25.4. The molecule has 0 aliphatic heterocycles. The Bertz CT molecular complexity index is 1350. The molecule has 1 atom stereocenters. The Morgan fingerprint density at radius 2 is 1.81 bits per heavy atom. The molecule has 0 bridgehead atoms. The first-order chi connectivity index (χ1) is 16.4. The summed E-state index contributed by atoms with van der Waals surface area (Å²) in [5.74, 6) is -0.504. The quantitative estimate of drug-likeness (QED) is 0.350. The number of anilines is 1. The van der Waals surface area contributed by atoms with Gasteiger partial charge in [0.25, 0.3) is 5.91 Å². The molecular weight excluding hydrogens is 514 g/mol. The van der Waals surface area contributed by atoms with Crippen LogP contribution in [0.2, 0.25) is 0 Å². The van der Waals surface area contributed by atoms with E-state index in [4.69, 9.17) is 4.52 Å². The van der Waals surface area contributed by atoms with E-state index in [9.17, 15) is 31.1 Å². The van der Waals surface area contributed by atoms with Gasteiger partial charge in [-0.1, -0.05) is 11.2 Å². The van der Waals surface area contributed by atoms with Crippen molar-refractivity contribution in [2.75, 3.05) is 5.32 Å². The summed E-state index contributed by atoms with van der Waals surface area (Å²) in [5, 5.41) is 10.1. The number of hydrogen-bond donors (Lipinski definition) is 1. The minimum atomic E-state index is -5.02. The highest BCUT2D eigenvalue weighted by Crippen LogP contribution is 2.39. The number of carbonyl (C=O) groups is 1. The molecule has 0 saturated heterocycles. The second kappa shape index (κ2) is 10.0. The van der Waals surface area contributed by atoms with Crippen molar-refractivity contribution in [1.82, 2.24) is 24.9 Å². The lowest BCUT2D eigenvalue weighted by Crippen LogP contribution is -2.17. The maximum Gasteiger partial charge on any atom is 0.416 e. The number of nitrogens with one attached hydrogen (secondary N) is 1. The van der Waals surface area contributed by atoms with Gasteiger partial charge in [-0.3, -0.25) is 14.5 Å². The largest absolute Gasteiger partial charge is 0.416 e. The second-order valence-corrected chi connectivity index (χ2v) is 7.30. The maximum absolute atomic E-state index is 13.5. The molecule has 0 saturated carbocycles. The lowest BCUT2D eigenvalue weighted by molar-refractivity contribution is -0.143. The van der Waals surface area contributed by atoms with Gasteiger partial charge in [-0.2, -0.15) is 44.9 Å². The van der Waals surface area contributed by atoms with Crippen LogP contribution in [0.3, 0.4) is 0 Å². The van der Waals surface area contributed by atoms with Crippen molar-refractivity contribution in [2.24, 2.45) is 0 Å². The van der Waals surface area contributed by atoms with E-state index >= 15 is 0 Å². The van der Waals surface area contributed by atoms with E-state index in [1.807, 2.05) is 0 Å². The standard InChI is InChI=1S/C21H14F6N6O2.H2S/c1-11(14-3-2-12(20(22,23)24)6-15(14)21(25,26)27)33-10-13(8-30-33)31-19(34)16-7-18(35-32-16)17-9-28-4-5-29-17;/h2-11H,1H3,(H,31,34);1H2/t11-;/m0./s1. The van der Waals surface area contributed by atoms with Crippen molar-refractivity contribution in [1.29, 1.82) is 0 Å². The van der Waals surface area contributed by atoms with E-state index in [2.05, 4.69) is 25.5 Å². The zero-order valence-electron chi connectivity index (χ0n) is 18.1. The van der Waals surface area contributed by atoms with Crippen LogP contribution in [0.5, 0.6) is 0 Å². The summed E-state index contributed by atoms with van der Waals surface area (Å²) in [7, 11) is 0. The molecule has 4 rings (SSSR count). The summed E-state index contributed by atoms with van der Waals surface area (Å²) >= 11 is 0. The third-order valence-electron chi connectivity index (χ3n) is 4.95. The Labute approximate surface area is 205 Å². The molecule has 3 aromatic heterocycles. The number of carbonyl (C=O) groups excluding carboxylic acids is 1. The van der Waals surface area contributed by atoms with Crippen LogP contribution in [0.1, 0.15) is 40.1 Å². The molecule has 8 nitrogen and oxygen atoms in total. The number of halogens is 6. The molecule has 4 aromatic rings. The van der Waals surface area contributed by atoms with Crippen molar-refractivity contribution >= 4 is 25.1 Å². The fourth-order valence-corrected chi connectivity index (χ4v) is 3.22. The predicted molar refractivity (Wildman–Crippen MR) is 118 cm³/mol. The minimum Gasteiger partial charge on any atom is -0.354 e. The number of benzene rings is 1. The van der Waals surface area contributed by atoms with Gasteiger partial charge in [-0.25, -0.2) is 4.98 Å². The molecule has 15 heteroatoms. The van der Waals surface area contributed by atoms with E-state index in [0.717, 1.165) is 10.7 Å². The Morgan fingerprint density at radius 3 is 2.44 bits per heavy atom. The van der Waals surface area contributed by atoms with Crippen molar-refractivity contribution < 1.29 is 35.7 Å². The topological polar surface area (TPSA) is 98.7 Å². The molecule has 0 aliphatic carbocycles. The lowest BCUT2D eigenvalue weighted by Gasteiger charge is -2.20. The summed E-state index contributed by atoms with van der Waals surface area (Å²) in [5.41, 5.74) is -2.91. The minimum absolute atomic E-state index is 0. The fraction of sp³-hybridized carbons (Fsp3) is 0.190. The molecule has 0 unspecified atom stereocenters. The SMILES string of the molecule is C[C@@H](c1ccc(C(F)(F)F)cc1C(F)(F)F)n1cc(NC(=O)c2cc(-c3cnccn3)on2)cn1.S. The van der Waals surface area contributed by atoms with Crippen LogP contribution in [0, 0.1) is 0 Å². The van der Waals surface area contributed by atoms with Gasteiger partial charge < -0.3 is 9.84 Å². The summed E-state index contributed by atoms with van der Waals surface area (Å²) in [6.45, 7) is 1.33. The highest BCUT2D eigenvalue weighted by atomic mass is 32.1. The summed E-state index contributed by atoms with van der Waals surface area (Å²) in [4.78, 5) is 20.4. The molecule has 0 fully saturated rings. The number of aromatic nitrogens is 5. The predicted octanol–water partition coefficient (Wildman–Crippen LogP) is 5.34. The number of alkyl halides is 6. The number of hydrogen-bond acceptors (Lipinski definition) is 6. The molecular formula is C21H16F6N6O2S. The van der Waals surface area contributed by atoms with Gasteiger partial charge in [0.1, 0.15) is 5.69 Å². The highest BCUT2D eigenvalue weighted by Gasteiger charge is 2.39. The Morgan fingerprint density at radius 1 is 1.06 bits per heavy atom. The molecule has 3 heterocycles. The number of nitrogens with zero attached hydrogens (tertiary/aromatic N) is 5. The van der Waals surface area contributed by atoms with Gasteiger partial charge in [0.15, 0.2) is 11.5 Å². The molecule has 36 heavy (non-hydrogen) atoms. The first kappa shape index (κ1) is 26.7. The van der Waals surface area contributed by atoms with Crippen LogP contribution in [0.25, 0.3) is 11.5 Å². The van der Waals surface area contributed by atoms with Crippen LogP contribution in [-0.2, 0) is 12.4 Å². The second-order valence-electron chi connectivity index (χ2n) is 7.30. The third-order valence-corrected chi connectivity index (χ3v) is 4.95. The molecule has 1 amide bonds. The molecule has 0 aliphatic rings. The zero-order valence-corrected chi connectivity index (χ0v) is 19.1. The Hall–Kier alpha value is -3.88. The summed E-state index contributed by atoms with van der Waals surface area (Å²) in [6, 6.07) is 1.63. The Kier molecular flexibility index (Phi) is 7.43. The van der Waals surface area contributed by atoms with Crippen LogP contribution >= 0.6 is 13.5 Å². The molecule has 1 N–H and O–H groups in total. The van der Waals surface area contributed by atoms with Gasteiger partial charge >= 0.3 is 12.4 Å². The fourth-order valence-electron chi connectivity index (χ4n) is 3.22. The van der Waals surface area contributed by atoms with Gasteiger partial charge in [0.05, 0.1) is 35.2 Å². The van der Waals surface area contributed by atoms with Crippen LogP contribution in [0.4, 0.5) is 32.0 Å². The van der Waals surface area contributed by atoms with E-state index in [0.29, 0.717) is 11.8 Å². The van der Waals surface area contributed by atoms with E-state index in [1.165, 1.54) is 44.0 Å². The van der Waals surface area contributed by atoms with Gasteiger partial charge in [-0.15, -0.1) is 0 Å². The number of amides is 1. The van der Waals surface area contributed by atoms with E-state index in [1.54, 1.807) is 0 Å². The van der Waals surface area contributed by atoms with Crippen molar-refractivity contribution in [2.45, 2.75) is 25.3 Å². The van der Waals surface area contributed by atoms with Crippen LogP contribution in [-0.4, -0.2) is 30.8 Å². The molecule has 1 aromatic carbocycles. The van der Waals surface area contributed by atoms with Crippen molar-refractivity contribution in [3.8, 4) is 11.5 Å². The van der Waals surface area contributed by atoms with Gasteiger partial charge in [-0.05, 0) is 24.6 Å². The van der Waals surface area contributed by atoms with Gasteiger partial charge in [0.2, 0.25) is 0 Å². The van der Waals surface area contributed by atoms with Crippen LogP contribution in [0.15, 0.2) is 59.8 Å². The third kappa shape index (κ3) is 5.67. The van der Waals surface area contributed by atoms with E-state index in [-0.39, 0.29) is 36.7 Å². The normalized spacial score (nSPS) is 12.6. The van der Waals surface area contributed by atoms with E-state index < -0.39 is 41.0 Å². The molecule has 0 spiro atoms. The average Bonchev–Trinajstić information content (AvgIpc) is 3.48. The number of rotatable bonds is 5. The van der Waals surface area contributed by atoms with Crippen LogP contribution < -0.4 is 5.32 Å². The highest BCUT2D eigenvalue weighted by molar-refractivity contribution is 7.59. The first-order valence-corrected chi connectivity index (χ1v) is 9.80. The smallest absolute Gasteiger partial charge is 0.354 e. The summed E-state index contributed by atoms with van der Waals surface area (Å²) < 4.78 is 85.5. The molecule has 190 valence electrons. The van der Waals surface area contributed by atoms with Crippen molar-refractivity contribution in [3.05, 3.63) is 77.6 Å². The lowest BCUT2D eigenvalue weighted by atomic mass is 9.98. The Balaban J connectivity index is 0.00000361. The monoisotopic (exact) mass is 530 g/mol. The molecule has 0 radical (unpaired) electrons. The summed E-state index contributed by atoms with van der Waals surface area (Å²) in [6.07, 6.45) is -3.26. The average molecular weight is 530 g/mol. The first-order valence-electron chi connectivity index (χ1n) is 9.80.